The van der Waals surface area contributed by atoms with E-state index in [1.54, 1.807) is 6.92 Å². The molecule has 0 bridgehead atoms. The molecular formula is C12H14O6. The molecule has 6 heteroatoms. The summed E-state index contributed by atoms with van der Waals surface area (Å²) in [6.07, 6.45) is 0. The van der Waals surface area contributed by atoms with Crippen molar-refractivity contribution in [1.29, 1.82) is 0 Å². The average molecular weight is 254 g/mol. The summed E-state index contributed by atoms with van der Waals surface area (Å²) < 4.78 is 14.1. The van der Waals surface area contributed by atoms with E-state index in [-0.39, 0.29) is 16.9 Å². The van der Waals surface area contributed by atoms with Crippen molar-refractivity contribution >= 4 is 11.9 Å². The number of methoxy groups -OCH3 is 3. The Kier molecular flexibility index (Phi) is 4.14. The normalized spacial score (nSPS) is 9.78. The second-order valence-corrected chi connectivity index (χ2v) is 3.48. The average Bonchev–Trinajstić information content (AvgIpc) is 2.36. The molecule has 1 rings (SSSR count). The second-order valence-electron chi connectivity index (χ2n) is 3.48. The fourth-order valence-electron chi connectivity index (χ4n) is 1.62. The van der Waals surface area contributed by atoms with Crippen LogP contribution in [0.25, 0.3) is 0 Å². The largest absolute Gasteiger partial charge is 0.504 e. The molecule has 1 aromatic rings. The lowest BCUT2D eigenvalue weighted by molar-refractivity contribution is 0.0551. The van der Waals surface area contributed by atoms with Gasteiger partial charge in [-0.2, -0.15) is 0 Å². The van der Waals surface area contributed by atoms with Crippen LogP contribution in [0.5, 0.6) is 11.5 Å². The standard InChI is InChI=1S/C12H14O6/c1-6-5-7(11(14)17-3)8(12(15)18-4)9(13)10(6)16-2/h5,13H,1-4H3. The monoisotopic (exact) mass is 254 g/mol. The SMILES string of the molecule is COC(=O)c1cc(C)c(OC)c(O)c1C(=O)OC. The van der Waals surface area contributed by atoms with Crippen molar-refractivity contribution in [3.8, 4) is 11.5 Å². The van der Waals surface area contributed by atoms with Crippen LogP contribution < -0.4 is 4.74 Å². The summed E-state index contributed by atoms with van der Waals surface area (Å²) in [5.41, 5.74) is 0.162. The van der Waals surface area contributed by atoms with E-state index in [0.717, 1.165) is 7.11 Å². The van der Waals surface area contributed by atoms with Gasteiger partial charge in [0.1, 0.15) is 5.56 Å². The zero-order valence-electron chi connectivity index (χ0n) is 10.6. The lowest BCUT2D eigenvalue weighted by Crippen LogP contribution is -2.13. The Morgan fingerprint density at radius 3 is 2.11 bits per heavy atom. The van der Waals surface area contributed by atoms with Crippen LogP contribution in [0.4, 0.5) is 0 Å². The van der Waals surface area contributed by atoms with E-state index in [9.17, 15) is 14.7 Å². The molecule has 0 heterocycles. The number of carbonyl (C=O) groups excluding carboxylic acids is 2. The molecule has 1 aromatic carbocycles. The molecular weight excluding hydrogens is 240 g/mol. The highest BCUT2D eigenvalue weighted by Crippen LogP contribution is 2.36. The molecule has 98 valence electrons. The van der Waals surface area contributed by atoms with E-state index in [2.05, 4.69) is 9.47 Å². The van der Waals surface area contributed by atoms with Gasteiger partial charge in [0.25, 0.3) is 0 Å². The maximum atomic E-state index is 11.6. The predicted molar refractivity (Wildman–Crippen MR) is 62.1 cm³/mol. The van der Waals surface area contributed by atoms with Gasteiger partial charge in [-0.05, 0) is 18.6 Å². The summed E-state index contributed by atoms with van der Waals surface area (Å²) in [6.45, 7) is 1.63. The number of phenolic OH excluding ortho intramolecular Hbond substituents is 1. The van der Waals surface area contributed by atoms with Crippen molar-refractivity contribution in [1.82, 2.24) is 0 Å². The molecule has 1 N–H and O–H groups in total. The van der Waals surface area contributed by atoms with Crippen molar-refractivity contribution in [2.45, 2.75) is 6.92 Å². The molecule has 0 atom stereocenters. The number of aromatic hydroxyl groups is 1. The van der Waals surface area contributed by atoms with Gasteiger partial charge < -0.3 is 19.3 Å². The highest BCUT2D eigenvalue weighted by Gasteiger charge is 2.26. The third-order valence-electron chi connectivity index (χ3n) is 2.44. The van der Waals surface area contributed by atoms with E-state index in [4.69, 9.17) is 4.74 Å². The third-order valence-corrected chi connectivity index (χ3v) is 2.44. The zero-order chi connectivity index (χ0) is 13.9. The van der Waals surface area contributed by atoms with Crippen molar-refractivity contribution in [2.24, 2.45) is 0 Å². The van der Waals surface area contributed by atoms with E-state index in [0.29, 0.717) is 5.56 Å². The smallest absolute Gasteiger partial charge is 0.342 e. The Labute approximate surface area is 104 Å². The summed E-state index contributed by atoms with van der Waals surface area (Å²) in [6, 6.07) is 1.40. The van der Waals surface area contributed by atoms with Crippen LogP contribution in [0, 0.1) is 6.92 Å². The summed E-state index contributed by atoms with van der Waals surface area (Å²) in [5, 5.41) is 9.96. The third kappa shape index (κ3) is 2.22. The Bertz CT molecular complexity index is 492. The van der Waals surface area contributed by atoms with E-state index >= 15 is 0 Å². The van der Waals surface area contributed by atoms with Gasteiger partial charge in [0.2, 0.25) is 0 Å². The number of benzene rings is 1. The topological polar surface area (TPSA) is 82.1 Å². The Balaban J connectivity index is 3.60. The molecule has 18 heavy (non-hydrogen) atoms. The molecule has 0 spiro atoms. The number of carbonyl (C=O) groups is 2. The fourth-order valence-corrected chi connectivity index (χ4v) is 1.62. The lowest BCUT2D eigenvalue weighted by Gasteiger charge is -2.13. The maximum absolute atomic E-state index is 11.6. The van der Waals surface area contributed by atoms with Crippen molar-refractivity contribution < 1.29 is 28.9 Å². The minimum Gasteiger partial charge on any atom is -0.504 e. The number of esters is 2. The summed E-state index contributed by atoms with van der Waals surface area (Å²) in [4.78, 5) is 23.2. The Morgan fingerprint density at radius 1 is 1.11 bits per heavy atom. The van der Waals surface area contributed by atoms with Gasteiger partial charge in [0.05, 0.1) is 26.9 Å². The van der Waals surface area contributed by atoms with Gasteiger partial charge in [-0.3, -0.25) is 0 Å². The van der Waals surface area contributed by atoms with Crippen LogP contribution in [-0.2, 0) is 9.47 Å². The minimum atomic E-state index is -0.841. The van der Waals surface area contributed by atoms with Gasteiger partial charge in [0.15, 0.2) is 11.5 Å². The highest BCUT2D eigenvalue weighted by molar-refractivity contribution is 6.06. The van der Waals surface area contributed by atoms with Crippen molar-refractivity contribution in [3.63, 3.8) is 0 Å². The molecule has 0 unspecified atom stereocenters. The zero-order valence-corrected chi connectivity index (χ0v) is 10.6. The van der Waals surface area contributed by atoms with Crippen LogP contribution in [-0.4, -0.2) is 38.4 Å². The first-order valence-electron chi connectivity index (χ1n) is 5.05. The number of hydrogen-bond acceptors (Lipinski definition) is 6. The quantitative estimate of drug-likeness (QED) is 0.818. The predicted octanol–water partition coefficient (Wildman–Crippen LogP) is 1.28. The van der Waals surface area contributed by atoms with Crippen molar-refractivity contribution in [2.75, 3.05) is 21.3 Å². The first kappa shape index (κ1) is 13.8. The van der Waals surface area contributed by atoms with Crippen LogP contribution >= 0.6 is 0 Å². The van der Waals surface area contributed by atoms with Gasteiger partial charge in [-0.25, -0.2) is 9.59 Å². The second kappa shape index (κ2) is 5.39. The summed E-state index contributed by atoms with van der Waals surface area (Å²) in [7, 11) is 3.68. The molecule has 0 saturated heterocycles. The number of aryl methyl sites for hydroxylation is 1. The van der Waals surface area contributed by atoms with Crippen LogP contribution in [0.3, 0.4) is 0 Å². The first-order valence-corrected chi connectivity index (χ1v) is 5.05. The molecule has 0 aromatic heterocycles. The van der Waals surface area contributed by atoms with Gasteiger partial charge >= 0.3 is 11.9 Å². The molecule has 0 saturated carbocycles. The minimum absolute atomic E-state index is 0.0693. The Hall–Kier alpha value is -2.24. The van der Waals surface area contributed by atoms with Crippen LogP contribution in [0.2, 0.25) is 0 Å². The van der Waals surface area contributed by atoms with Gasteiger partial charge in [0, 0.05) is 0 Å². The molecule has 0 aliphatic carbocycles. The van der Waals surface area contributed by atoms with E-state index in [1.807, 2.05) is 0 Å². The Morgan fingerprint density at radius 2 is 1.67 bits per heavy atom. The van der Waals surface area contributed by atoms with E-state index in [1.165, 1.54) is 20.3 Å². The molecule has 0 amide bonds. The number of phenols is 1. The molecule has 0 aliphatic rings. The van der Waals surface area contributed by atoms with Crippen molar-refractivity contribution in [3.05, 3.63) is 22.8 Å². The number of hydrogen-bond donors (Lipinski definition) is 1. The number of ether oxygens (including phenoxy) is 3. The molecule has 0 fully saturated rings. The van der Waals surface area contributed by atoms with Gasteiger partial charge in [-0.1, -0.05) is 0 Å². The molecule has 0 aliphatic heterocycles. The summed E-state index contributed by atoms with van der Waals surface area (Å²) in [5.74, 6) is -1.91. The van der Waals surface area contributed by atoms with Crippen LogP contribution in [0.1, 0.15) is 26.3 Å². The number of rotatable bonds is 3. The molecule has 0 radical (unpaired) electrons. The van der Waals surface area contributed by atoms with E-state index < -0.39 is 17.7 Å². The van der Waals surface area contributed by atoms with Crippen LogP contribution in [0.15, 0.2) is 6.07 Å². The van der Waals surface area contributed by atoms with Gasteiger partial charge in [-0.15, -0.1) is 0 Å². The highest BCUT2D eigenvalue weighted by atomic mass is 16.5. The first-order chi connectivity index (χ1) is 8.47. The summed E-state index contributed by atoms with van der Waals surface area (Å²) >= 11 is 0. The molecule has 6 nitrogen and oxygen atoms in total. The lowest BCUT2D eigenvalue weighted by atomic mass is 10.0. The maximum Gasteiger partial charge on any atom is 0.342 e. The fraction of sp³-hybridized carbons (Fsp3) is 0.333.